The molecule has 19 heavy (non-hydrogen) atoms. The average Bonchev–Trinajstić information content (AvgIpc) is 2.63. The van der Waals surface area contributed by atoms with Crippen LogP contribution in [0.3, 0.4) is 0 Å². The predicted octanol–water partition coefficient (Wildman–Crippen LogP) is 3.48. The normalized spacial score (nSPS) is 23.8. The van der Waals surface area contributed by atoms with E-state index in [1.54, 1.807) is 0 Å². The van der Waals surface area contributed by atoms with Gasteiger partial charge in [0.15, 0.2) is 0 Å². The summed E-state index contributed by atoms with van der Waals surface area (Å²) in [6, 6.07) is 0. The van der Waals surface area contributed by atoms with Gasteiger partial charge < -0.3 is 9.80 Å². The van der Waals surface area contributed by atoms with Crippen LogP contribution in [0.1, 0.15) is 53.9 Å². The van der Waals surface area contributed by atoms with Gasteiger partial charge in [0.2, 0.25) is 0 Å². The molecule has 0 spiro atoms. The molecule has 0 radical (unpaired) electrons. The largest absolute Gasteiger partial charge is 0.303 e. The monoisotopic (exact) mass is 266 g/mol. The lowest BCUT2D eigenvalue weighted by molar-refractivity contribution is 0.0278. The van der Waals surface area contributed by atoms with E-state index in [4.69, 9.17) is 0 Å². The molecular formula is C17H34N2. The molecular weight excluding hydrogens is 232 g/mol. The standard InChI is InChI=1S/C17H34N2/c1-16(2,3)10-15-11-19(12-15)14-17(4,5)13-18-8-6-7-9-18/h15H,6-14H2,1-5H3. The van der Waals surface area contributed by atoms with Gasteiger partial charge >= 0.3 is 0 Å². The molecule has 0 aromatic heterocycles. The fourth-order valence-electron chi connectivity index (χ4n) is 4.00. The molecule has 2 heteroatoms. The number of nitrogens with zero attached hydrogens (tertiary/aromatic N) is 2. The Bertz CT molecular complexity index is 278. The minimum absolute atomic E-state index is 0.455. The van der Waals surface area contributed by atoms with Crippen molar-refractivity contribution in [3.05, 3.63) is 0 Å². The van der Waals surface area contributed by atoms with Gasteiger partial charge in [0, 0.05) is 26.2 Å². The van der Waals surface area contributed by atoms with E-state index in [9.17, 15) is 0 Å². The average molecular weight is 266 g/mol. The first kappa shape index (κ1) is 15.3. The first-order valence-corrected chi connectivity index (χ1v) is 8.18. The lowest BCUT2D eigenvalue weighted by Crippen LogP contribution is -2.52. The highest BCUT2D eigenvalue weighted by Crippen LogP contribution is 2.32. The van der Waals surface area contributed by atoms with Gasteiger partial charge in [0.25, 0.3) is 0 Å². The smallest absolute Gasteiger partial charge is 0.00452 e. The van der Waals surface area contributed by atoms with Gasteiger partial charge in [-0.3, -0.25) is 0 Å². The Morgan fingerprint density at radius 3 is 1.89 bits per heavy atom. The highest BCUT2D eigenvalue weighted by Gasteiger charge is 2.34. The summed E-state index contributed by atoms with van der Waals surface area (Å²) < 4.78 is 0. The molecule has 0 aromatic carbocycles. The molecule has 2 fully saturated rings. The van der Waals surface area contributed by atoms with Crippen LogP contribution in [-0.4, -0.2) is 49.1 Å². The van der Waals surface area contributed by atoms with E-state index in [0.29, 0.717) is 10.8 Å². The van der Waals surface area contributed by atoms with Crippen LogP contribution in [0.2, 0.25) is 0 Å². The van der Waals surface area contributed by atoms with E-state index in [0.717, 1.165) is 5.92 Å². The summed E-state index contributed by atoms with van der Waals surface area (Å²) in [6.07, 6.45) is 4.21. The van der Waals surface area contributed by atoms with Gasteiger partial charge in [-0.25, -0.2) is 0 Å². The number of hydrogen-bond acceptors (Lipinski definition) is 2. The second-order valence-electron chi connectivity index (χ2n) is 8.97. The van der Waals surface area contributed by atoms with E-state index >= 15 is 0 Å². The number of hydrogen-bond donors (Lipinski definition) is 0. The van der Waals surface area contributed by atoms with Gasteiger partial charge in [0.1, 0.15) is 0 Å². The van der Waals surface area contributed by atoms with Crippen LogP contribution in [0.5, 0.6) is 0 Å². The van der Waals surface area contributed by atoms with E-state index in [-0.39, 0.29) is 0 Å². The maximum absolute atomic E-state index is 2.67. The Morgan fingerprint density at radius 1 is 0.842 bits per heavy atom. The molecule has 2 aliphatic heterocycles. The molecule has 2 heterocycles. The molecule has 2 rings (SSSR count). The summed E-state index contributed by atoms with van der Waals surface area (Å²) in [5.74, 6) is 0.947. The summed E-state index contributed by atoms with van der Waals surface area (Å²) in [4.78, 5) is 5.33. The van der Waals surface area contributed by atoms with Crippen molar-refractivity contribution in [2.45, 2.75) is 53.9 Å². The lowest BCUT2D eigenvalue weighted by Gasteiger charge is -2.46. The fourth-order valence-corrected chi connectivity index (χ4v) is 4.00. The van der Waals surface area contributed by atoms with Gasteiger partial charge in [-0.2, -0.15) is 0 Å². The van der Waals surface area contributed by atoms with Crippen molar-refractivity contribution in [2.75, 3.05) is 39.3 Å². The topological polar surface area (TPSA) is 6.48 Å². The second kappa shape index (κ2) is 5.73. The Morgan fingerprint density at radius 2 is 1.37 bits per heavy atom. The van der Waals surface area contributed by atoms with Crippen molar-refractivity contribution < 1.29 is 0 Å². The first-order chi connectivity index (χ1) is 8.73. The second-order valence-corrected chi connectivity index (χ2v) is 8.97. The third-order valence-electron chi connectivity index (χ3n) is 4.44. The number of rotatable bonds is 5. The van der Waals surface area contributed by atoms with E-state index in [1.807, 2.05) is 0 Å². The number of likely N-dealkylation sites (tertiary alicyclic amines) is 2. The quantitative estimate of drug-likeness (QED) is 0.752. The summed E-state index contributed by atoms with van der Waals surface area (Å²) in [7, 11) is 0. The van der Waals surface area contributed by atoms with Crippen LogP contribution < -0.4 is 0 Å². The Hall–Kier alpha value is -0.0800. The maximum Gasteiger partial charge on any atom is 0.00452 e. The molecule has 112 valence electrons. The molecule has 0 N–H and O–H groups in total. The molecule has 0 atom stereocenters. The van der Waals surface area contributed by atoms with Crippen molar-refractivity contribution >= 4 is 0 Å². The van der Waals surface area contributed by atoms with Gasteiger partial charge in [-0.05, 0) is 49.1 Å². The molecule has 0 aromatic rings. The lowest BCUT2D eigenvalue weighted by atomic mass is 9.80. The fraction of sp³-hybridized carbons (Fsp3) is 1.00. The molecule has 0 bridgehead atoms. The molecule has 2 aliphatic rings. The molecule has 0 aliphatic carbocycles. The van der Waals surface area contributed by atoms with Crippen molar-refractivity contribution in [2.24, 2.45) is 16.7 Å². The van der Waals surface area contributed by atoms with E-state index in [2.05, 4.69) is 44.4 Å². The Kier molecular flexibility index (Phi) is 4.62. The zero-order valence-electron chi connectivity index (χ0n) is 13.8. The zero-order chi connectivity index (χ0) is 14.1. The third kappa shape index (κ3) is 5.07. The molecule has 0 amide bonds. The molecule has 2 saturated heterocycles. The molecule has 0 unspecified atom stereocenters. The van der Waals surface area contributed by atoms with E-state index < -0.39 is 0 Å². The minimum atomic E-state index is 0.455. The Labute approximate surface area is 120 Å². The van der Waals surface area contributed by atoms with E-state index in [1.165, 1.54) is 58.5 Å². The highest BCUT2D eigenvalue weighted by atomic mass is 15.2. The van der Waals surface area contributed by atoms with Crippen LogP contribution in [0.4, 0.5) is 0 Å². The van der Waals surface area contributed by atoms with Crippen LogP contribution in [0.25, 0.3) is 0 Å². The summed E-state index contributed by atoms with van der Waals surface area (Å²) in [6.45, 7) is 19.9. The maximum atomic E-state index is 2.67. The first-order valence-electron chi connectivity index (χ1n) is 8.18. The SMILES string of the molecule is CC(C)(C)CC1CN(CC(C)(C)CN2CCCC2)C1. The third-order valence-corrected chi connectivity index (χ3v) is 4.44. The summed E-state index contributed by atoms with van der Waals surface area (Å²) in [5, 5.41) is 0. The van der Waals surface area contributed by atoms with Crippen LogP contribution in [0.15, 0.2) is 0 Å². The van der Waals surface area contributed by atoms with Crippen molar-refractivity contribution in [3.63, 3.8) is 0 Å². The summed E-state index contributed by atoms with van der Waals surface area (Å²) in [5.41, 5.74) is 0.957. The van der Waals surface area contributed by atoms with Crippen LogP contribution in [-0.2, 0) is 0 Å². The van der Waals surface area contributed by atoms with Crippen molar-refractivity contribution in [1.82, 2.24) is 9.80 Å². The van der Waals surface area contributed by atoms with Gasteiger partial charge in [-0.1, -0.05) is 34.6 Å². The van der Waals surface area contributed by atoms with Crippen molar-refractivity contribution in [1.29, 1.82) is 0 Å². The molecule has 0 saturated carbocycles. The highest BCUT2D eigenvalue weighted by molar-refractivity contribution is 4.88. The van der Waals surface area contributed by atoms with Crippen molar-refractivity contribution in [3.8, 4) is 0 Å². The van der Waals surface area contributed by atoms with Crippen LogP contribution in [0, 0.1) is 16.7 Å². The molecule has 2 nitrogen and oxygen atoms in total. The predicted molar refractivity (Wildman–Crippen MR) is 83.5 cm³/mol. The van der Waals surface area contributed by atoms with Crippen LogP contribution >= 0.6 is 0 Å². The van der Waals surface area contributed by atoms with Gasteiger partial charge in [-0.15, -0.1) is 0 Å². The minimum Gasteiger partial charge on any atom is -0.303 e. The van der Waals surface area contributed by atoms with Gasteiger partial charge in [0.05, 0.1) is 0 Å². The Balaban J connectivity index is 1.67. The summed E-state index contributed by atoms with van der Waals surface area (Å²) >= 11 is 0. The zero-order valence-corrected chi connectivity index (χ0v) is 13.8.